The molecule has 1 aliphatic rings. The highest BCUT2D eigenvalue weighted by Gasteiger charge is 2.20. The Hall–Kier alpha value is -2.04. The van der Waals surface area contributed by atoms with Gasteiger partial charge in [0, 0.05) is 43.8 Å². The third-order valence-electron chi connectivity index (χ3n) is 4.23. The predicted octanol–water partition coefficient (Wildman–Crippen LogP) is -0.469. The molecular weight excluding hydrogens is 380 g/mol. The van der Waals surface area contributed by atoms with Gasteiger partial charge in [0.05, 0.1) is 19.5 Å². The van der Waals surface area contributed by atoms with E-state index in [4.69, 9.17) is 0 Å². The van der Waals surface area contributed by atoms with Crippen molar-refractivity contribution in [2.45, 2.75) is 27.2 Å². The van der Waals surface area contributed by atoms with Gasteiger partial charge < -0.3 is 5.32 Å². The summed E-state index contributed by atoms with van der Waals surface area (Å²) in [4.78, 5) is 44.1. The average Bonchev–Trinajstić information content (AvgIpc) is 3.04. The highest BCUT2D eigenvalue weighted by Crippen LogP contribution is 2.08. The average molecular weight is 411 g/mol. The van der Waals surface area contributed by atoms with Gasteiger partial charge >= 0.3 is 0 Å². The van der Waals surface area contributed by atoms with E-state index in [1.165, 1.54) is 11.3 Å². The van der Waals surface area contributed by atoms with E-state index in [2.05, 4.69) is 39.9 Å². The normalized spacial score (nSPS) is 15.4. The van der Waals surface area contributed by atoms with Crippen molar-refractivity contribution in [3.05, 3.63) is 16.1 Å². The Morgan fingerprint density at radius 2 is 1.61 bits per heavy atom. The minimum Gasteiger partial charge on any atom is -0.355 e. The van der Waals surface area contributed by atoms with Crippen molar-refractivity contribution >= 4 is 29.1 Å². The first kappa shape index (κ1) is 22.3. The number of nitrogens with one attached hydrogen (secondary N) is 3. The lowest BCUT2D eigenvalue weighted by Gasteiger charge is -2.33. The maximum Gasteiger partial charge on any atom is 0.252 e. The zero-order valence-electron chi connectivity index (χ0n) is 16.8. The number of thiazole rings is 1. The highest BCUT2D eigenvalue weighted by atomic mass is 32.1. The van der Waals surface area contributed by atoms with Crippen LogP contribution in [-0.2, 0) is 20.8 Å². The summed E-state index contributed by atoms with van der Waals surface area (Å²) in [5.74, 6) is -0.0738. The van der Waals surface area contributed by atoms with Gasteiger partial charge in [0.2, 0.25) is 11.8 Å². The van der Waals surface area contributed by atoms with E-state index in [1.807, 2.05) is 17.2 Å². The molecule has 0 bridgehead atoms. The van der Waals surface area contributed by atoms with Gasteiger partial charge in [-0.3, -0.25) is 35.0 Å². The van der Waals surface area contributed by atoms with E-state index >= 15 is 0 Å². The standard InChI is InChI=1S/C18H30N6O3S/c1-13(2)9-19-16(26)10-23-4-6-24(7-5-23)11-17(27)22-21-15(25)8-18-20-14(3)12-28-18/h12-13H,4-11H2,1-3H3,(H,19,26)(H,21,25)(H,22,27). The van der Waals surface area contributed by atoms with Crippen LogP contribution in [-0.4, -0.2) is 78.3 Å². The SMILES string of the molecule is Cc1csc(CC(=O)NNC(=O)CN2CCN(CC(=O)NCC(C)C)CC2)n1. The molecule has 0 unspecified atom stereocenters. The largest absolute Gasteiger partial charge is 0.355 e. The summed E-state index contributed by atoms with van der Waals surface area (Å²) in [5, 5.41) is 5.52. The van der Waals surface area contributed by atoms with Crippen LogP contribution >= 0.6 is 11.3 Å². The number of aryl methyl sites for hydroxylation is 1. The van der Waals surface area contributed by atoms with Crippen molar-refractivity contribution in [1.82, 2.24) is 31.0 Å². The first-order chi connectivity index (χ1) is 13.3. The van der Waals surface area contributed by atoms with E-state index in [0.717, 1.165) is 23.8 Å². The fraction of sp³-hybridized carbons (Fsp3) is 0.667. The molecule has 0 radical (unpaired) electrons. The third kappa shape index (κ3) is 8.32. The minimum absolute atomic E-state index is 0.0398. The Balaban J connectivity index is 1.59. The number of hydrogen-bond donors (Lipinski definition) is 3. The van der Waals surface area contributed by atoms with Crippen molar-refractivity contribution in [1.29, 1.82) is 0 Å². The molecule has 1 saturated heterocycles. The number of hydrazine groups is 1. The molecule has 156 valence electrons. The maximum absolute atomic E-state index is 12.0. The van der Waals surface area contributed by atoms with Crippen molar-refractivity contribution in [2.75, 3.05) is 45.8 Å². The van der Waals surface area contributed by atoms with Crippen molar-refractivity contribution in [3.8, 4) is 0 Å². The molecule has 2 heterocycles. The Bertz CT molecular complexity index is 670. The van der Waals surface area contributed by atoms with Crippen LogP contribution in [0.3, 0.4) is 0 Å². The molecule has 2 rings (SSSR count). The monoisotopic (exact) mass is 410 g/mol. The van der Waals surface area contributed by atoms with E-state index in [0.29, 0.717) is 32.1 Å². The molecule has 9 nitrogen and oxygen atoms in total. The van der Waals surface area contributed by atoms with Crippen LogP contribution in [0.15, 0.2) is 5.38 Å². The summed E-state index contributed by atoms with van der Waals surface area (Å²) < 4.78 is 0. The predicted molar refractivity (Wildman–Crippen MR) is 108 cm³/mol. The summed E-state index contributed by atoms with van der Waals surface area (Å²) in [7, 11) is 0. The lowest BCUT2D eigenvalue weighted by Crippen LogP contribution is -2.53. The molecule has 0 atom stereocenters. The lowest BCUT2D eigenvalue weighted by molar-refractivity contribution is -0.129. The highest BCUT2D eigenvalue weighted by molar-refractivity contribution is 7.09. The third-order valence-corrected chi connectivity index (χ3v) is 5.19. The maximum atomic E-state index is 12.0. The van der Waals surface area contributed by atoms with Gasteiger partial charge in [-0.1, -0.05) is 13.8 Å². The Morgan fingerprint density at radius 1 is 1.04 bits per heavy atom. The van der Waals surface area contributed by atoms with Crippen LogP contribution in [0.4, 0.5) is 0 Å². The second-order valence-corrected chi connectivity index (χ2v) is 8.35. The number of amides is 3. The lowest BCUT2D eigenvalue weighted by atomic mass is 10.2. The molecule has 1 aromatic rings. The molecule has 0 saturated carbocycles. The first-order valence-electron chi connectivity index (χ1n) is 9.52. The van der Waals surface area contributed by atoms with Gasteiger partial charge in [0.15, 0.2) is 0 Å². The first-order valence-corrected chi connectivity index (χ1v) is 10.4. The second kappa shape index (κ2) is 11.1. The minimum atomic E-state index is -0.292. The molecule has 10 heteroatoms. The molecule has 0 aromatic carbocycles. The van der Waals surface area contributed by atoms with Crippen LogP contribution in [0.1, 0.15) is 24.5 Å². The number of aromatic nitrogens is 1. The fourth-order valence-electron chi connectivity index (χ4n) is 2.73. The zero-order chi connectivity index (χ0) is 20.5. The van der Waals surface area contributed by atoms with Crippen LogP contribution in [0.5, 0.6) is 0 Å². The molecule has 3 N–H and O–H groups in total. The van der Waals surface area contributed by atoms with Gasteiger partial charge in [-0.25, -0.2) is 4.98 Å². The molecule has 1 fully saturated rings. The number of nitrogens with zero attached hydrogens (tertiary/aromatic N) is 3. The Morgan fingerprint density at radius 3 is 2.14 bits per heavy atom. The van der Waals surface area contributed by atoms with Crippen LogP contribution < -0.4 is 16.2 Å². The Labute approximate surface area is 169 Å². The molecule has 0 spiro atoms. The summed E-state index contributed by atoms with van der Waals surface area (Å²) in [6, 6.07) is 0. The number of carbonyl (C=O) groups excluding carboxylic acids is 3. The number of hydrogen-bond acceptors (Lipinski definition) is 7. The quantitative estimate of drug-likeness (QED) is 0.501. The Kier molecular flexibility index (Phi) is 8.81. The van der Waals surface area contributed by atoms with Gasteiger partial charge in [-0.15, -0.1) is 11.3 Å². The van der Waals surface area contributed by atoms with Crippen molar-refractivity contribution < 1.29 is 14.4 Å². The number of piperazine rings is 1. The molecule has 3 amide bonds. The molecular formula is C18H30N6O3S. The van der Waals surface area contributed by atoms with Crippen LogP contribution in [0, 0.1) is 12.8 Å². The van der Waals surface area contributed by atoms with Gasteiger partial charge in [0.1, 0.15) is 5.01 Å². The molecule has 0 aliphatic carbocycles. The summed E-state index contributed by atoms with van der Waals surface area (Å²) in [5.41, 5.74) is 5.76. The van der Waals surface area contributed by atoms with Crippen molar-refractivity contribution in [3.63, 3.8) is 0 Å². The summed E-state index contributed by atoms with van der Waals surface area (Å²) in [6.07, 6.45) is 0.149. The van der Waals surface area contributed by atoms with E-state index < -0.39 is 0 Å². The van der Waals surface area contributed by atoms with Gasteiger partial charge in [0.25, 0.3) is 5.91 Å². The number of rotatable bonds is 8. The number of carbonyl (C=O) groups is 3. The van der Waals surface area contributed by atoms with E-state index in [1.54, 1.807) is 0 Å². The van der Waals surface area contributed by atoms with E-state index in [-0.39, 0.29) is 30.7 Å². The fourth-order valence-corrected chi connectivity index (χ4v) is 3.50. The van der Waals surface area contributed by atoms with Crippen LogP contribution in [0.25, 0.3) is 0 Å². The molecule has 28 heavy (non-hydrogen) atoms. The van der Waals surface area contributed by atoms with E-state index in [9.17, 15) is 14.4 Å². The van der Waals surface area contributed by atoms with Crippen LogP contribution in [0.2, 0.25) is 0 Å². The molecule has 1 aromatic heterocycles. The summed E-state index contributed by atoms with van der Waals surface area (Å²) in [6.45, 7) is 10.2. The van der Waals surface area contributed by atoms with Crippen molar-refractivity contribution in [2.24, 2.45) is 5.92 Å². The van der Waals surface area contributed by atoms with Gasteiger partial charge in [-0.05, 0) is 12.8 Å². The summed E-state index contributed by atoms with van der Waals surface area (Å²) >= 11 is 1.42. The smallest absolute Gasteiger partial charge is 0.252 e. The zero-order valence-corrected chi connectivity index (χ0v) is 17.6. The van der Waals surface area contributed by atoms with Gasteiger partial charge in [-0.2, -0.15) is 0 Å². The topological polar surface area (TPSA) is 107 Å². The molecule has 1 aliphatic heterocycles. The second-order valence-electron chi connectivity index (χ2n) is 7.41.